The Bertz CT molecular complexity index is 1410. The number of hydrogen-bond acceptors (Lipinski definition) is 6. The summed E-state index contributed by atoms with van der Waals surface area (Å²) in [6, 6.07) is 25.1. The van der Waals surface area contributed by atoms with Crippen molar-refractivity contribution in [2.75, 3.05) is 5.32 Å². The SMILES string of the molecule is Cc1ccc(NC(=O)C(OC(=O)c2occc2CS(=O)(=O)c2ccccc2)c2ccccc2)cc1. The molecule has 1 heterocycles. The highest BCUT2D eigenvalue weighted by Crippen LogP contribution is 2.25. The number of carbonyl (C=O) groups is 2. The quantitative estimate of drug-likeness (QED) is 0.346. The van der Waals surface area contributed by atoms with E-state index in [1.165, 1.54) is 24.5 Å². The van der Waals surface area contributed by atoms with Crippen molar-refractivity contribution in [3.8, 4) is 0 Å². The molecular formula is C27H23NO6S. The molecule has 0 spiro atoms. The first-order valence-corrected chi connectivity index (χ1v) is 12.5. The molecule has 8 heteroatoms. The van der Waals surface area contributed by atoms with Gasteiger partial charge in [0, 0.05) is 16.8 Å². The Balaban J connectivity index is 1.57. The first-order chi connectivity index (χ1) is 16.8. The van der Waals surface area contributed by atoms with Crippen molar-refractivity contribution in [3.63, 3.8) is 0 Å². The molecule has 0 fully saturated rings. The lowest BCUT2D eigenvalue weighted by molar-refractivity contribution is -0.125. The van der Waals surface area contributed by atoms with Crippen LogP contribution in [0.25, 0.3) is 0 Å². The second-order valence-electron chi connectivity index (χ2n) is 7.90. The van der Waals surface area contributed by atoms with Crippen LogP contribution in [0.2, 0.25) is 0 Å². The minimum absolute atomic E-state index is 0.125. The molecule has 0 aliphatic heterocycles. The molecule has 0 aliphatic rings. The van der Waals surface area contributed by atoms with Gasteiger partial charge in [-0.1, -0.05) is 66.2 Å². The number of ether oxygens (including phenoxy) is 1. The maximum absolute atomic E-state index is 13.1. The van der Waals surface area contributed by atoms with Gasteiger partial charge in [-0.3, -0.25) is 4.79 Å². The summed E-state index contributed by atoms with van der Waals surface area (Å²) in [5.41, 5.74) is 2.18. The highest BCUT2D eigenvalue weighted by atomic mass is 32.2. The second-order valence-corrected chi connectivity index (χ2v) is 9.89. The number of nitrogens with one attached hydrogen (secondary N) is 1. The summed E-state index contributed by atoms with van der Waals surface area (Å²) in [7, 11) is -3.73. The van der Waals surface area contributed by atoms with Gasteiger partial charge in [-0.25, -0.2) is 13.2 Å². The second kappa shape index (κ2) is 10.4. The van der Waals surface area contributed by atoms with E-state index in [0.717, 1.165) is 5.56 Å². The van der Waals surface area contributed by atoms with Crippen molar-refractivity contribution in [1.82, 2.24) is 0 Å². The fourth-order valence-electron chi connectivity index (χ4n) is 3.45. The molecule has 1 amide bonds. The van der Waals surface area contributed by atoms with Crippen molar-refractivity contribution < 1.29 is 27.2 Å². The number of aryl methyl sites for hydroxylation is 1. The summed E-state index contributed by atoms with van der Waals surface area (Å²) in [6.45, 7) is 1.93. The van der Waals surface area contributed by atoms with Crippen molar-refractivity contribution in [2.24, 2.45) is 0 Å². The molecule has 1 aromatic heterocycles. The zero-order valence-electron chi connectivity index (χ0n) is 18.9. The highest BCUT2D eigenvalue weighted by molar-refractivity contribution is 7.90. The number of anilines is 1. The number of sulfone groups is 1. The Kier molecular flexibility index (Phi) is 7.12. The lowest BCUT2D eigenvalue weighted by atomic mass is 10.1. The van der Waals surface area contributed by atoms with Gasteiger partial charge in [-0.15, -0.1) is 0 Å². The third-order valence-corrected chi connectivity index (χ3v) is 6.95. The van der Waals surface area contributed by atoms with Gasteiger partial charge in [0.05, 0.1) is 16.9 Å². The summed E-state index contributed by atoms with van der Waals surface area (Å²) in [5.74, 6) is -2.23. The van der Waals surface area contributed by atoms with E-state index in [4.69, 9.17) is 9.15 Å². The van der Waals surface area contributed by atoms with E-state index in [2.05, 4.69) is 5.32 Å². The van der Waals surface area contributed by atoms with Crippen molar-refractivity contribution in [3.05, 3.63) is 120 Å². The average Bonchev–Trinajstić information content (AvgIpc) is 3.32. The number of rotatable bonds is 8. The van der Waals surface area contributed by atoms with Crippen LogP contribution in [0.4, 0.5) is 5.69 Å². The molecule has 0 saturated heterocycles. The monoisotopic (exact) mass is 489 g/mol. The molecule has 3 aromatic carbocycles. The minimum Gasteiger partial charge on any atom is -0.457 e. The molecule has 0 radical (unpaired) electrons. The Morgan fingerprint density at radius 1 is 0.886 bits per heavy atom. The van der Waals surface area contributed by atoms with E-state index in [1.807, 2.05) is 19.1 Å². The summed E-state index contributed by atoms with van der Waals surface area (Å²) >= 11 is 0. The third-order valence-electron chi connectivity index (χ3n) is 5.26. The van der Waals surface area contributed by atoms with E-state index in [0.29, 0.717) is 11.3 Å². The molecular weight excluding hydrogens is 466 g/mol. The Hall–Kier alpha value is -4.17. The van der Waals surface area contributed by atoms with E-state index in [-0.39, 0.29) is 16.2 Å². The van der Waals surface area contributed by atoms with Gasteiger partial charge in [-0.2, -0.15) is 0 Å². The molecule has 1 N–H and O–H groups in total. The van der Waals surface area contributed by atoms with Crippen molar-refractivity contribution in [1.29, 1.82) is 0 Å². The lowest BCUT2D eigenvalue weighted by Crippen LogP contribution is -2.26. The molecule has 35 heavy (non-hydrogen) atoms. The Labute approximate surface area is 203 Å². The third kappa shape index (κ3) is 5.85. The van der Waals surface area contributed by atoms with Gasteiger partial charge in [0.1, 0.15) is 0 Å². The van der Waals surface area contributed by atoms with E-state index < -0.39 is 33.6 Å². The fraction of sp³-hybridized carbons (Fsp3) is 0.111. The standard InChI is InChI=1S/C27H23NO6S/c1-19-12-14-22(15-13-19)28-26(29)24(20-8-4-2-5-9-20)34-27(30)25-21(16-17-33-25)18-35(31,32)23-10-6-3-7-11-23/h2-17,24H,18H2,1H3,(H,28,29). The first-order valence-electron chi connectivity index (χ1n) is 10.8. The van der Waals surface area contributed by atoms with E-state index >= 15 is 0 Å². The summed E-state index contributed by atoms with van der Waals surface area (Å²) < 4.78 is 36.4. The number of benzene rings is 3. The van der Waals surface area contributed by atoms with Gasteiger partial charge < -0.3 is 14.5 Å². The molecule has 1 atom stereocenters. The lowest BCUT2D eigenvalue weighted by Gasteiger charge is -2.18. The van der Waals surface area contributed by atoms with Crippen LogP contribution in [0.3, 0.4) is 0 Å². The van der Waals surface area contributed by atoms with Crippen LogP contribution in [-0.2, 0) is 25.1 Å². The van der Waals surface area contributed by atoms with Crippen molar-refractivity contribution in [2.45, 2.75) is 23.7 Å². The zero-order valence-corrected chi connectivity index (χ0v) is 19.7. The van der Waals surface area contributed by atoms with Crippen LogP contribution in [0.5, 0.6) is 0 Å². The van der Waals surface area contributed by atoms with Gasteiger partial charge >= 0.3 is 5.97 Å². The van der Waals surface area contributed by atoms with Crippen LogP contribution in [-0.4, -0.2) is 20.3 Å². The summed E-state index contributed by atoms with van der Waals surface area (Å²) in [5, 5.41) is 2.75. The highest BCUT2D eigenvalue weighted by Gasteiger charge is 2.29. The number of furan rings is 1. The smallest absolute Gasteiger partial charge is 0.375 e. The predicted molar refractivity (Wildman–Crippen MR) is 130 cm³/mol. The number of esters is 1. The maximum Gasteiger partial charge on any atom is 0.375 e. The van der Waals surface area contributed by atoms with Crippen LogP contribution in [0.15, 0.2) is 107 Å². The van der Waals surface area contributed by atoms with Gasteiger partial charge in [0.2, 0.25) is 11.9 Å². The fourth-order valence-corrected chi connectivity index (χ4v) is 4.83. The molecule has 0 saturated carbocycles. The summed E-state index contributed by atoms with van der Waals surface area (Å²) in [6.07, 6.45) is -0.0650. The van der Waals surface area contributed by atoms with Crippen molar-refractivity contribution >= 4 is 27.4 Å². The van der Waals surface area contributed by atoms with Gasteiger partial charge in [-0.05, 0) is 37.3 Å². The topological polar surface area (TPSA) is 103 Å². The molecule has 0 bridgehead atoms. The van der Waals surface area contributed by atoms with Crippen LogP contribution >= 0.6 is 0 Å². The molecule has 1 unspecified atom stereocenters. The molecule has 178 valence electrons. The largest absolute Gasteiger partial charge is 0.457 e. The Morgan fingerprint density at radius 3 is 2.17 bits per heavy atom. The molecule has 4 rings (SSSR count). The average molecular weight is 490 g/mol. The minimum atomic E-state index is -3.73. The predicted octanol–water partition coefficient (Wildman–Crippen LogP) is 5.10. The Morgan fingerprint density at radius 2 is 1.51 bits per heavy atom. The maximum atomic E-state index is 13.1. The first kappa shape index (κ1) is 24.0. The molecule has 7 nitrogen and oxygen atoms in total. The van der Waals surface area contributed by atoms with Crippen LogP contribution in [0.1, 0.15) is 33.3 Å². The number of carbonyl (C=O) groups excluding carboxylic acids is 2. The van der Waals surface area contributed by atoms with E-state index in [1.54, 1.807) is 60.7 Å². The number of hydrogen-bond donors (Lipinski definition) is 1. The zero-order chi connectivity index (χ0) is 24.8. The number of amides is 1. The van der Waals surface area contributed by atoms with Crippen LogP contribution in [0, 0.1) is 6.92 Å². The normalized spacial score (nSPS) is 12.0. The molecule has 0 aliphatic carbocycles. The summed E-state index contributed by atoms with van der Waals surface area (Å²) in [4.78, 5) is 26.3. The molecule has 4 aromatic rings. The van der Waals surface area contributed by atoms with Crippen LogP contribution < -0.4 is 5.32 Å². The van der Waals surface area contributed by atoms with Gasteiger partial charge in [0.15, 0.2) is 9.84 Å². The van der Waals surface area contributed by atoms with Gasteiger partial charge in [0.25, 0.3) is 5.91 Å². The van der Waals surface area contributed by atoms with E-state index in [9.17, 15) is 18.0 Å².